The first kappa shape index (κ1) is 16.4. The quantitative estimate of drug-likeness (QED) is 0.924. The Labute approximate surface area is 127 Å². The van der Waals surface area contributed by atoms with Gasteiger partial charge in [0.05, 0.1) is 13.2 Å². The molecule has 2 rings (SSSR count). The predicted molar refractivity (Wildman–Crippen MR) is 83.7 cm³/mol. The van der Waals surface area contributed by atoms with Crippen molar-refractivity contribution in [1.82, 2.24) is 10.2 Å². The summed E-state index contributed by atoms with van der Waals surface area (Å²) in [5, 5.41) is 3.44. The maximum atomic E-state index is 14.0. The Morgan fingerprint density at radius 2 is 2.14 bits per heavy atom. The van der Waals surface area contributed by atoms with Crippen LogP contribution in [0, 0.1) is 5.82 Å². The zero-order valence-corrected chi connectivity index (χ0v) is 13.6. The van der Waals surface area contributed by atoms with Gasteiger partial charge in [-0.15, -0.1) is 0 Å². The van der Waals surface area contributed by atoms with Crippen LogP contribution in [0.1, 0.15) is 38.8 Å². The number of rotatable bonds is 4. The van der Waals surface area contributed by atoms with Gasteiger partial charge in [-0.1, -0.05) is 12.1 Å². The third kappa shape index (κ3) is 5.06. The molecule has 0 amide bonds. The number of morpholine rings is 1. The lowest BCUT2D eigenvalue weighted by molar-refractivity contribution is -0.00481. The molecule has 1 aliphatic heterocycles. The van der Waals surface area contributed by atoms with Crippen molar-refractivity contribution in [1.29, 1.82) is 0 Å². The topological polar surface area (TPSA) is 24.5 Å². The van der Waals surface area contributed by atoms with E-state index in [1.54, 1.807) is 6.07 Å². The Hall–Kier alpha value is -0.970. The molecule has 1 unspecified atom stereocenters. The second-order valence-corrected chi connectivity index (χ2v) is 6.92. The van der Waals surface area contributed by atoms with Crippen LogP contribution < -0.4 is 5.32 Å². The van der Waals surface area contributed by atoms with Crippen LogP contribution in [0.2, 0.25) is 0 Å². The third-order valence-electron chi connectivity index (χ3n) is 3.81. The fraction of sp³-hybridized carbons (Fsp3) is 0.647. The minimum absolute atomic E-state index is 0.0628. The van der Waals surface area contributed by atoms with Gasteiger partial charge in [0.2, 0.25) is 0 Å². The van der Waals surface area contributed by atoms with E-state index < -0.39 is 0 Å². The monoisotopic (exact) mass is 294 g/mol. The molecule has 1 fully saturated rings. The molecule has 0 saturated carbocycles. The van der Waals surface area contributed by atoms with E-state index in [4.69, 9.17) is 4.74 Å². The highest BCUT2D eigenvalue weighted by Crippen LogP contribution is 2.17. The van der Waals surface area contributed by atoms with Crippen LogP contribution in [0.4, 0.5) is 4.39 Å². The summed E-state index contributed by atoms with van der Waals surface area (Å²) >= 11 is 0. The summed E-state index contributed by atoms with van der Waals surface area (Å²) in [5.74, 6) is -0.117. The molecule has 0 aromatic heterocycles. The van der Waals surface area contributed by atoms with Gasteiger partial charge in [-0.3, -0.25) is 4.90 Å². The molecule has 1 saturated heterocycles. The summed E-state index contributed by atoms with van der Waals surface area (Å²) < 4.78 is 19.5. The van der Waals surface area contributed by atoms with Crippen LogP contribution in [0.3, 0.4) is 0 Å². The standard InChI is InChI=1S/C17H27FN2O/c1-13-12-21-8-7-20(13)11-15-9-14(5-6-16(15)18)10-19-17(2,3)4/h5-6,9,13,19H,7-8,10-12H2,1-4H3. The summed E-state index contributed by atoms with van der Waals surface area (Å²) in [6.45, 7) is 12.3. The Balaban J connectivity index is 2.04. The van der Waals surface area contributed by atoms with Crippen molar-refractivity contribution < 1.29 is 9.13 Å². The molecular formula is C17H27FN2O. The minimum atomic E-state index is -0.117. The van der Waals surface area contributed by atoms with Crippen LogP contribution in [-0.2, 0) is 17.8 Å². The molecule has 3 nitrogen and oxygen atoms in total. The number of nitrogens with one attached hydrogen (secondary N) is 1. The van der Waals surface area contributed by atoms with Gasteiger partial charge in [-0.25, -0.2) is 4.39 Å². The Morgan fingerprint density at radius 1 is 1.38 bits per heavy atom. The lowest BCUT2D eigenvalue weighted by Crippen LogP contribution is -2.43. The summed E-state index contributed by atoms with van der Waals surface area (Å²) in [5.41, 5.74) is 1.96. The zero-order chi connectivity index (χ0) is 15.5. The average molecular weight is 294 g/mol. The lowest BCUT2D eigenvalue weighted by atomic mass is 10.1. The molecule has 0 aliphatic carbocycles. The van der Waals surface area contributed by atoms with Crippen molar-refractivity contribution in [2.24, 2.45) is 0 Å². The van der Waals surface area contributed by atoms with Crippen molar-refractivity contribution in [3.05, 3.63) is 35.1 Å². The average Bonchev–Trinajstić information content (AvgIpc) is 2.41. The fourth-order valence-corrected chi connectivity index (χ4v) is 2.44. The normalized spacial score (nSPS) is 20.7. The zero-order valence-electron chi connectivity index (χ0n) is 13.6. The first-order chi connectivity index (χ1) is 9.85. The van der Waals surface area contributed by atoms with Crippen molar-refractivity contribution in [3.63, 3.8) is 0 Å². The van der Waals surface area contributed by atoms with Crippen LogP contribution in [0.25, 0.3) is 0 Å². The van der Waals surface area contributed by atoms with Crippen molar-refractivity contribution in [2.75, 3.05) is 19.8 Å². The molecule has 1 heterocycles. The van der Waals surface area contributed by atoms with Crippen molar-refractivity contribution >= 4 is 0 Å². The molecule has 118 valence electrons. The largest absolute Gasteiger partial charge is 0.379 e. The minimum Gasteiger partial charge on any atom is -0.379 e. The van der Waals surface area contributed by atoms with Crippen molar-refractivity contribution in [3.8, 4) is 0 Å². The summed E-state index contributed by atoms with van der Waals surface area (Å²) in [6, 6.07) is 5.77. The van der Waals surface area contributed by atoms with Crippen LogP contribution in [0.15, 0.2) is 18.2 Å². The van der Waals surface area contributed by atoms with Crippen molar-refractivity contribution in [2.45, 2.75) is 52.4 Å². The van der Waals surface area contributed by atoms with E-state index >= 15 is 0 Å². The Kier molecular flexibility index (Phi) is 5.36. The summed E-state index contributed by atoms with van der Waals surface area (Å²) in [4.78, 5) is 2.28. The number of hydrogen-bond acceptors (Lipinski definition) is 3. The van der Waals surface area contributed by atoms with Gasteiger partial charge < -0.3 is 10.1 Å². The van der Waals surface area contributed by atoms with E-state index in [9.17, 15) is 4.39 Å². The first-order valence-corrected chi connectivity index (χ1v) is 7.69. The van der Waals surface area contributed by atoms with Gasteiger partial charge in [0.15, 0.2) is 0 Å². The molecule has 1 aliphatic rings. The highest BCUT2D eigenvalue weighted by atomic mass is 19.1. The van der Waals surface area contributed by atoms with E-state index in [1.165, 1.54) is 0 Å². The molecule has 1 N–H and O–H groups in total. The van der Waals surface area contributed by atoms with E-state index in [0.29, 0.717) is 12.6 Å². The highest BCUT2D eigenvalue weighted by Gasteiger charge is 2.20. The highest BCUT2D eigenvalue weighted by molar-refractivity contribution is 5.25. The van der Waals surface area contributed by atoms with Gasteiger partial charge in [0.1, 0.15) is 5.82 Å². The number of ether oxygens (including phenoxy) is 1. The van der Waals surface area contributed by atoms with Crippen LogP contribution in [0.5, 0.6) is 0 Å². The van der Waals surface area contributed by atoms with E-state index in [1.807, 2.05) is 12.1 Å². The molecule has 21 heavy (non-hydrogen) atoms. The molecule has 4 heteroatoms. The van der Waals surface area contributed by atoms with E-state index in [2.05, 4.69) is 37.9 Å². The summed E-state index contributed by atoms with van der Waals surface area (Å²) in [6.07, 6.45) is 0. The molecule has 1 atom stereocenters. The van der Waals surface area contributed by atoms with Gasteiger partial charge in [-0.05, 0) is 39.3 Å². The van der Waals surface area contributed by atoms with Gasteiger partial charge in [0, 0.05) is 36.8 Å². The van der Waals surface area contributed by atoms with Gasteiger partial charge in [-0.2, -0.15) is 0 Å². The number of benzene rings is 1. The van der Waals surface area contributed by atoms with Crippen LogP contribution >= 0.6 is 0 Å². The molecule has 1 aromatic carbocycles. The number of nitrogens with zero attached hydrogens (tertiary/aromatic N) is 1. The maximum Gasteiger partial charge on any atom is 0.127 e. The molecule has 0 radical (unpaired) electrons. The van der Waals surface area contributed by atoms with Gasteiger partial charge >= 0.3 is 0 Å². The third-order valence-corrected chi connectivity index (χ3v) is 3.81. The number of halogens is 1. The van der Waals surface area contributed by atoms with E-state index in [0.717, 1.165) is 37.4 Å². The molecule has 0 spiro atoms. The molecule has 0 bridgehead atoms. The summed E-state index contributed by atoms with van der Waals surface area (Å²) in [7, 11) is 0. The number of hydrogen-bond donors (Lipinski definition) is 1. The van der Waals surface area contributed by atoms with Crippen LogP contribution in [-0.4, -0.2) is 36.2 Å². The van der Waals surface area contributed by atoms with Gasteiger partial charge in [0.25, 0.3) is 0 Å². The second-order valence-electron chi connectivity index (χ2n) is 6.92. The Bertz CT molecular complexity index is 470. The van der Waals surface area contributed by atoms with E-state index in [-0.39, 0.29) is 11.4 Å². The Morgan fingerprint density at radius 3 is 2.81 bits per heavy atom. The predicted octanol–water partition coefficient (Wildman–Crippen LogP) is 2.93. The SMILES string of the molecule is CC1COCCN1Cc1cc(CNC(C)(C)C)ccc1F. The maximum absolute atomic E-state index is 14.0. The fourth-order valence-electron chi connectivity index (χ4n) is 2.44. The second kappa shape index (κ2) is 6.86. The molecular weight excluding hydrogens is 267 g/mol. The smallest absolute Gasteiger partial charge is 0.127 e. The lowest BCUT2D eigenvalue weighted by Gasteiger charge is -2.33. The molecule has 1 aromatic rings. The first-order valence-electron chi connectivity index (χ1n) is 7.69.